The van der Waals surface area contributed by atoms with E-state index in [1.54, 1.807) is 36.0 Å². The molecule has 0 heterocycles. The molecule has 0 nitrogen and oxygen atoms in total. The van der Waals surface area contributed by atoms with Gasteiger partial charge in [-0.2, -0.15) is 0 Å². The topological polar surface area (TPSA) is 0 Å². The number of aryl methyl sites for hydroxylation is 2. The summed E-state index contributed by atoms with van der Waals surface area (Å²) in [5.41, 5.74) is 1.97. The van der Waals surface area contributed by atoms with Crippen LogP contribution in [-0.2, 0) is 12.8 Å². The Kier molecular flexibility index (Phi) is 4.59. The summed E-state index contributed by atoms with van der Waals surface area (Å²) in [6, 6.07) is 9.66. The van der Waals surface area contributed by atoms with Gasteiger partial charge in [-0.15, -0.1) is 0 Å². The maximum absolute atomic E-state index is 13.2. The molecule has 3 heteroatoms. The lowest BCUT2D eigenvalue weighted by Gasteiger charge is -2.11. The van der Waals surface area contributed by atoms with E-state index in [-0.39, 0.29) is 11.6 Å². The Morgan fingerprint density at radius 3 is 1.58 bits per heavy atom. The van der Waals surface area contributed by atoms with E-state index in [0.29, 0.717) is 0 Å². The number of halogens is 2. The number of hydrogen-bond donors (Lipinski definition) is 0. The van der Waals surface area contributed by atoms with Crippen LogP contribution in [0.1, 0.15) is 25.0 Å². The maximum Gasteiger partial charge on any atom is 0.123 e. The van der Waals surface area contributed by atoms with Gasteiger partial charge in [-0.25, -0.2) is 8.78 Å². The molecule has 0 amide bonds. The second-order valence-electron chi connectivity index (χ2n) is 4.31. The predicted octanol–water partition coefficient (Wildman–Crippen LogP) is 5.24. The van der Waals surface area contributed by atoms with Gasteiger partial charge in [-0.3, -0.25) is 0 Å². The molecular weight excluding hydrogens is 262 g/mol. The van der Waals surface area contributed by atoms with E-state index in [4.69, 9.17) is 0 Å². The van der Waals surface area contributed by atoms with Gasteiger partial charge in [0.25, 0.3) is 0 Å². The molecule has 19 heavy (non-hydrogen) atoms. The third-order valence-corrected chi connectivity index (χ3v) is 4.26. The molecule has 0 atom stereocenters. The van der Waals surface area contributed by atoms with Crippen molar-refractivity contribution in [1.29, 1.82) is 0 Å². The van der Waals surface area contributed by atoms with E-state index in [9.17, 15) is 8.78 Å². The molecule has 0 spiro atoms. The lowest BCUT2D eigenvalue weighted by atomic mass is 10.1. The molecule has 0 aliphatic rings. The quantitative estimate of drug-likeness (QED) is 0.737. The lowest BCUT2D eigenvalue weighted by Crippen LogP contribution is -1.91. The van der Waals surface area contributed by atoms with Gasteiger partial charge in [0, 0.05) is 9.79 Å². The van der Waals surface area contributed by atoms with Crippen molar-refractivity contribution in [2.45, 2.75) is 36.5 Å². The fourth-order valence-electron chi connectivity index (χ4n) is 1.97. The molecule has 100 valence electrons. The maximum atomic E-state index is 13.2. The van der Waals surface area contributed by atoms with E-state index in [0.717, 1.165) is 33.8 Å². The minimum Gasteiger partial charge on any atom is -0.207 e. The minimum absolute atomic E-state index is 0.212. The van der Waals surface area contributed by atoms with Crippen molar-refractivity contribution in [3.63, 3.8) is 0 Å². The standard InChI is InChI=1S/C16H16F2S/c1-3-11-9-13(17)5-7-15(11)19-16-8-6-14(18)10-12(16)4-2/h5-10H,3-4H2,1-2H3. The van der Waals surface area contributed by atoms with Gasteiger partial charge in [0.15, 0.2) is 0 Å². The zero-order valence-corrected chi connectivity index (χ0v) is 11.9. The van der Waals surface area contributed by atoms with E-state index < -0.39 is 0 Å². The van der Waals surface area contributed by atoms with Gasteiger partial charge >= 0.3 is 0 Å². The first-order valence-electron chi connectivity index (χ1n) is 6.38. The van der Waals surface area contributed by atoms with E-state index >= 15 is 0 Å². The molecule has 0 fully saturated rings. The third kappa shape index (κ3) is 3.35. The molecular formula is C16H16F2S. The third-order valence-electron chi connectivity index (χ3n) is 3.03. The molecule has 0 radical (unpaired) electrons. The lowest BCUT2D eigenvalue weighted by molar-refractivity contribution is 0.624. The highest BCUT2D eigenvalue weighted by atomic mass is 32.2. The van der Waals surface area contributed by atoms with Crippen LogP contribution in [0.25, 0.3) is 0 Å². The summed E-state index contributed by atoms with van der Waals surface area (Å²) in [6.07, 6.45) is 1.56. The molecule has 0 N–H and O–H groups in total. The van der Waals surface area contributed by atoms with Crippen molar-refractivity contribution in [2.24, 2.45) is 0 Å². The highest BCUT2D eigenvalue weighted by Crippen LogP contribution is 2.34. The van der Waals surface area contributed by atoms with Gasteiger partial charge in [0.2, 0.25) is 0 Å². The fraction of sp³-hybridized carbons (Fsp3) is 0.250. The summed E-state index contributed by atoms with van der Waals surface area (Å²) in [7, 11) is 0. The van der Waals surface area contributed by atoms with Crippen LogP contribution in [0.5, 0.6) is 0 Å². The Balaban J connectivity index is 2.36. The van der Waals surface area contributed by atoms with Crippen molar-refractivity contribution in [3.8, 4) is 0 Å². The highest BCUT2D eigenvalue weighted by molar-refractivity contribution is 7.99. The molecule has 0 unspecified atom stereocenters. The predicted molar refractivity (Wildman–Crippen MR) is 75.7 cm³/mol. The molecule has 0 saturated carbocycles. The second kappa shape index (κ2) is 6.20. The van der Waals surface area contributed by atoms with Crippen LogP contribution < -0.4 is 0 Å². The minimum atomic E-state index is -0.212. The molecule has 0 saturated heterocycles. The molecule has 2 aromatic rings. The second-order valence-corrected chi connectivity index (χ2v) is 5.40. The normalized spacial score (nSPS) is 10.7. The summed E-state index contributed by atoms with van der Waals surface area (Å²) in [5.74, 6) is -0.424. The Morgan fingerprint density at radius 1 is 0.789 bits per heavy atom. The molecule has 0 aromatic heterocycles. The summed E-state index contributed by atoms with van der Waals surface area (Å²) in [6.45, 7) is 4.01. The Labute approximate surface area is 116 Å². The summed E-state index contributed by atoms with van der Waals surface area (Å²) in [5, 5.41) is 0. The Bertz CT molecular complexity index is 527. The smallest absolute Gasteiger partial charge is 0.123 e. The summed E-state index contributed by atoms with van der Waals surface area (Å²) >= 11 is 1.57. The largest absolute Gasteiger partial charge is 0.207 e. The zero-order chi connectivity index (χ0) is 13.8. The van der Waals surface area contributed by atoms with Gasteiger partial charge < -0.3 is 0 Å². The molecule has 0 aliphatic carbocycles. The molecule has 0 bridgehead atoms. The van der Waals surface area contributed by atoms with Gasteiger partial charge in [0.05, 0.1) is 0 Å². The van der Waals surface area contributed by atoms with Gasteiger partial charge in [-0.1, -0.05) is 25.6 Å². The van der Waals surface area contributed by atoms with E-state index in [2.05, 4.69) is 0 Å². The van der Waals surface area contributed by atoms with Crippen molar-refractivity contribution in [2.75, 3.05) is 0 Å². The summed E-state index contributed by atoms with van der Waals surface area (Å²) in [4.78, 5) is 2.07. The molecule has 2 rings (SSSR count). The number of rotatable bonds is 4. The van der Waals surface area contributed by atoms with Crippen LogP contribution in [0.3, 0.4) is 0 Å². The Hall–Kier alpha value is -1.35. The van der Waals surface area contributed by atoms with Crippen molar-refractivity contribution < 1.29 is 8.78 Å². The van der Waals surface area contributed by atoms with Crippen molar-refractivity contribution in [1.82, 2.24) is 0 Å². The van der Waals surface area contributed by atoms with Crippen LogP contribution in [0, 0.1) is 11.6 Å². The fourth-order valence-corrected chi connectivity index (χ4v) is 3.14. The van der Waals surface area contributed by atoms with Gasteiger partial charge in [0.1, 0.15) is 11.6 Å². The number of benzene rings is 2. The average Bonchev–Trinajstić information content (AvgIpc) is 2.42. The average molecular weight is 278 g/mol. The van der Waals surface area contributed by atoms with Crippen LogP contribution in [0.4, 0.5) is 8.78 Å². The van der Waals surface area contributed by atoms with E-state index in [1.807, 2.05) is 13.8 Å². The SMILES string of the molecule is CCc1cc(F)ccc1Sc1ccc(F)cc1CC. The van der Waals surface area contributed by atoms with Crippen LogP contribution in [-0.4, -0.2) is 0 Å². The zero-order valence-electron chi connectivity index (χ0n) is 11.0. The van der Waals surface area contributed by atoms with Crippen LogP contribution in [0.15, 0.2) is 46.2 Å². The monoisotopic (exact) mass is 278 g/mol. The number of hydrogen-bond acceptors (Lipinski definition) is 1. The van der Waals surface area contributed by atoms with Crippen molar-refractivity contribution in [3.05, 3.63) is 59.2 Å². The molecule has 2 aromatic carbocycles. The summed E-state index contributed by atoms with van der Waals surface area (Å²) < 4.78 is 26.4. The first kappa shape index (κ1) is 14.1. The molecule has 0 aliphatic heterocycles. The van der Waals surface area contributed by atoms with E-state index in [1.165, 1.54) is 12.1 Å². The first-order valence-corrected chi connectivity index (χ1v) is 7.20. The van der Waals surface area contributed by atoms with Crippen LogP contribution in [0.2, 0.25) is 0 Å². The highest BCUT2D eigenvalue weighted by Gasteiger charge is 2.08. The van der Waals surface area contributed by atoms with Crippen molar-refractivity contribution >= 4 is 11.8 Å². The Morgan fingerprint density at radius 2 is 1.21 bits per heavy atom. The first-order chi connectivity index (χ1) is 9.13. The van der Waals surface area contributed by atoms with Gasteiger partial charge in [-0.05, 0) is 60.4 Å². The van der Waals surface area contributed by atoms with Crippen LogP contribution >= 0.6 is 11.8 Å².